The van der Waals surface area contributed by atoms with Gasteiger partial charge in [-0.3, -0.25) is 4.90 Å². The highest BCUT2D eigenvalue weighted by atomic mass is 19.1. The van der Waals surface area contributed by atoms with Gasteiger partial charge in [0.05, 0.1) is 0 Å². The number of hydrogen-bond acceptors (Lipinski definition) is 3. The molecule has 2 atom stereocenters. The summed E-state index contributed by atoms with van der Waals surface area (Å²) in [6, 6.07) is 11.4. The zero-order valence-corrected chi connectivity index (χ0v) is 12.6. The van der Waals surface area contributed by atoms with E-state index in [9.17, 15) is 4.39 Å². The van der Waals surface area contributed by atoms with E-state index in [0.29, 0.717) is 6.04 Å². The van der Waals surface area contributed by atoms with Crippen molar-refractivity contribution >= 4 is 5.82 Å². The zero-order chi connectivity index (χ0) is 14.9. The SMILES string of the molecule is Fc1cccc(-c2ccc(N3CCN4CCCC3C4)nc2)c1. The molecule has 22 heavy (non-hydrogen) atoms. The lowest BCUT2D eigenvalue weighted by Crippen LogP contribution is -2.56. The molecule has 2 aliphatic heterocycles. The van der Waals surface area contributed by atoms with Crippen molar-refractivity contribution in [3.8, 4) is 11.1 Å². The summed E-state index contributed by atoms with van der Waals surface area (Å²) in [5.41, 5.74) is 1.84. The number of piperidine rings is 1. The average Bonchev–Trinajstić information content (AvgIpc) is 2.56. The molecule has 4 rings (SSSR count). The first-order valence-electron chi connectivity index (χ1n) is 8.00. The second-order valence-electron chi connectivity index (χ2n) is 6.21. The second-order valence-corrected chi connectivity index (χ2v) is 6.21. The Morgan fingerprint density at radius 3 is 2.82 bits per heavy atom. The standard InChI is InChI=1S/C18H20FN3/c19-16-4-1-3-14(11-16)15-6-7-18(20-12-15)22-10-9-21-8-2-5-17(22)13-21/h1,3-4,6-7,11-12,17H,2,5,8-10,13H2. The van der Waals surface area contributed by atoms with Crippen LogP contribution in [-0.4, -0.2) is 42.1 Å². The first-order chi connectivity index (χ1) is 10.8. The summed E-state index contributed by atoms with van der Waals surface area (Å²) in [7, 11) is 0. The maximum Gasteiger partial charge on any atom is 0.128 e. The lowest BCUT2D eigenvalue weighted by Gasteiger charge is -2.45. The van der Waals surface area contributed by atoms with Gasteiger partial charge in [0.25, 0.3) is 0 Å². The zero-order valence-electron chi connectivity index (χ0n) is 12.6. The molecule has 0 amide bonds. The summed E-state index contributed by atoms with van der Waals surface area (Å²) < 4.78 is 13.3. The Morgan fingerprint density at radius 1 is 1.05 bits per heavy atom. The molecule has 0 N–H and O–H groups in total. The fourth-order valence-electron chi connectivity index (χ4n) is 3.62. The van der Waals surface area contributed by atoms with Gasteiger partial charge in [-0.05, 0) is 49.2 Å². The molecule has 2 aromatic rings. The highest BCUT2D eigenvalue weighted by Crippen LogP contribution is 2.27. The van der Waals surface area contributed by atoms with Crippen molar-refractivity contribution in [1.29, 1.82) is 0 Å². The third-order valence-corrected chi connectivity index (χ3v) is 4.78. The summed E-state index contributed by atoms with van der Waals surface area (Å²) in [5, 5.41) is 0. The smallest absolute Gasteiger partial charge is 0.128 e. The molecule has 3 heterocycles. The highest BCUT2D eigenvalue weighted by molar-refractivity contribution is 5.64. The third kappa shape index (κ3) is 2.59. The molecular weight excluding hydrogens is 277 g/mol. The van der Waals surface area contributed by atoms with E-state index in [1.165, 1.54) is 25.5 Å². The molecule has 1 aromatic heterocycles. The van der Waals surface area contributed by atoms with Gasteiger partial charge in [-0.25, -0.2) is 9.37 Å². The number of benzene rings is 1. The molecule has 4 heteroatoms. The van der Waals surface area contributed by atoms with Gasteiger partial charge in [-0.2, -0.15) is 0 Å². The van der Waals surface area contributed by atoms with E-state index in [4.69, 9.17) is 0 Å². The van der Waals surface area contributed by atoms with Crippen LogP contribution >= 0.6 is 0 Å². The van der Waals surface area contributed by atoms with Crippen LogP contribution in [0.15, 0.2) is 42.6 Å². The maximum atomic E-state index is 13.3. The van der Waals surface area contributed by atoms with Crippen molar-refractivity contribution < 1.29 is 4.39 Å². The molecule has 1 aromatic carbocycles. The molecule has 2 saturated heterocycles. The quantitative estimate of drug-likeness (QED) is 0.849. The molecule has 2 bridgehead atoms. The molecular formula is C18H20FN3. The lowest BCUT2D eigenvalue weighted by molar-refractivity contribution is 0.174. The molecule has 0 radical (unpaired) electrons. The normalized spacial score (nSPS) is 24.3. The predicted molar refractivity (Wildman–Crippen MR) is 86.4 cm³/mol. The summed E-state index contributed by atoms with van der Waals surface area (Å²) in [5.74, 6) is 0.839. The Hall–Kier alpha value is -1.94. The van der Waals surface area contributed by atoms with Crippen molar-refractivity contribution in [2.24, 2.45) is 0 Å². The molecule has 0 aliphatic carbocycles. The van der Waals surface area contributed by atoms with E-state index in [2.05, 4.69) is 20.9 Å². The van der Waals surface area contributed by atoms with E-state index in [1.54, 1.807) is 12.1 Å². The van der Waals surface area contributed by atoms with E-state index in [0.717, 1.165) is 36.6 Å². The number of fused-ring (bicyclic) bond motifs is 2. The average molecular weight is 297 g/mol. The monoisotopic (exact) mass is 297 g/mol. The van der Waals surface area contributed by atoms with Gasteiger partial charge in [0.1, 0.15) is 11.6 Å². The number of hydrogen-bond donors (Lipinski definition) is 0. The van der Waals surface area contributed by atoms with Crippen molar-refractivity contribution in [3.63, 3.8) is 0 Å². The Morgan fingerprint density at radius 2 is 2.00 bits per heavy atom. The Bertz CT molecular complexity index is 656. The fourth-order valence-corrected chi connectivity index (χ4v) is 3.62. The number of pyridine rings is 1. The number of aromatic nitrogens is 1. The van der Waals surface area contributed by atoms with Crippen LogP contribution in [0.3, 0.4) is 0 Å². The van der Waals surface area contributed by atoms with Gasteiger partial charge >= 0.3 is 0 Å². The van der Waals surface area contributed by atoms with E-state index in [1.807, 2.05) is 18.3 Å². The summed E-state index contributed by atoms with van der Waals surface area (Å²) in [4.78, 5) is 9.62. The second kappa shape index (κ2) is 5.69. The maximum absolute atomic E-state index is 13.3. The summed E-state index contributed by atoms with van der Waals surface area (Å²) >= 11 is 0. The largest absolute Gasteiger partial charge is 0.351 e. The van der Waals surface area contributed by atoms with Crippen LogP contribution < -0.4 is 4.90 Å². The molecule has 0 spiro atoms. The van der Waals surface area contributed by atoms with Crippen LogP contribution in [0.4, 0.5) is 10.2 Å². The molecule has 2 fully saturated rings. The molecule has 2 aliphatic rings. The van der Waals surface area contributed by atoms with Gasteiger partial charge in [0.15, 0.2) is 0 Å². The van der Waals surface area contributed by atoms with E-state index < -0.39 is 0 Å². The molecule has 3 nitrogen and oxygen atoms in total. The van der Waals surface area contributed by atoms with Crippen molar-refractivity contribution in [1.82, 2.24) is 9.88 Å². The summed E-state index contributed by atoms with van der Waals surface area (Å²) in [6.45, 7) is 4.59. The van der Waals surface area contributed by atoms with Crippen molar-refractivity contribution in [2.45, 2.75) is 18.9 Å². The minimum atomic E-state index is -0.208. The van der Waals surface area contributed by atoms with Gasteiger partial charge in [-0.1, -0.05) is 12.1 Å². The highest BCUT2D eigenvalue weighted by Gasteiger charge is 2.30. The van der Waals surface area contributed by atoms with Gasteiger partial charge < -0.3 is 4.90 Å². The van der Waals surface area contributed by atoms with Crippen LogP contribution in [0.1, 0.15) is 12.8 Å². The third-order valence-electron chi connectivity index (χ3n) is 4.78. The topological polar surface area (TPSA) is 19.4 Å². The fraction of sp³-hybridized carbons (Fsp3) is 0.389. The Labute approximate surface area is 130 Å². The Kier molecular flexibility index (Phi) is 3.54. The lowest BCUT2D eigenvalue weighted by atomic mass is 10.0. The van der Waals surface area contributed by atoms with E-state index >= 15 is 0 Å². The van der Waals surface area contributed by atoms with Crippen LogP contribution in [0.25, 0.3) is 11.1 Å². The Balaban J connectivity index is 1.57. The number of rotatable bonds is 2. The van der Waals surface area contributed by atoms with Crippen molar-refractivity contribution in [3.05, 3.63) is 48.4 Å². The minimum Gasteiger partial charge on any atom is -0.351 e. The van der Waals surface area contributed by atoms with Gasteiger partial charge in [0, 0.05) is 37.4 Å². The van der Waals surface area contributed by atoms with Crippen LogP contribution in [0.5, 0.6) is 0 Å². The first-order valence-corrected chi connectivity index (χ1v) is 8.00. The summed E-state index contributed by atoms with van der Waals surface area (Å²) in [6.07, 6.45) is 4.39. The first kappa shape index (κ1) is 13.7. The molecule has 2 unspecified atom stereocenters. The van der Waals surface area contributed by atoms with Crippen LogP contribution in [0.2, 0.25) is 0 Å². The predicted octanol–water partition coefficient (Wildman–Crippen LogP) is 3.17. The van der Waals surface area contributed by atoms with Crippen LogP contribution in [-0.2, 0) is 0 Å². The van der Waals surface area contributed by atoms with E-state index in [-0.39, 0.29) is 5.82 Å². The minimum absolute atomic E-state index is 0.208. The molecule has 0 saturated carbocycles. The number of nitrogens with zero attached hydrogens (tertiary/aromatic N) is 3. The number of piperazine rings is 1. The number of anilines is 1. The number of halogens is 1. The van der Waals surface area contributed by atoms with Gasteiger partial charge in [0.2, 0.25) is 0 Å². The molecule has 114 valence electrons. The van der Waals surface area contributed by atoms with Crippen molar-refractivity contribution in [2.75, 3.05) is 31.1 Å². The van der Waals surface area contributed by atoms with Crippen LogP contribution in [0, 0.1) is 5.82 Å². The van der Waals surface area contributed by atoms with Gasteiger partial charge in [-0.15, -0.1) is 0 Å².